The van der Waals surface area contributed by atoms with E-state index < -0.39 is 0 Å². The Kier molecular flexibility index (Phi) is 2.50. The van der Waals surface area contributed by atoms with Crippen molar-refractivity contribution in [2.75, 3.05) is 0 Å². The fraction of sp³-hybridized carbons (Fsp3) is 0.333. The number of rotatable bonds is 1. The molecular formula is C3H6Si2. The standard InChI is InChI=1S/C3H6Si2/c1-3-5(2)4/h3H,1H2,2H3. The van der Waals surface area contributed by atoms with Crippen LogP contribution >= 0.6 is 0 Å². The highest BCUT2D eigenvalue weighted by Crippen LogP contribution is 1.66. The summed E-state index contributed by atoms with van der Waals surface area (Å²) in [5, 5.41) is 0. The zero-order valence-corrected chi connectivity index (χ0v) is 5.28. The summed E-state index contributed by atoms with van der Waals surface area (Å²) in [4.78, 5) is 0. The summed E-state index contributed by atoms with van der Waals surface area (Å²) in [6, 6.07) is 0. The molecule has 0 aliphatic heterocycles. The molecule has 0 aliphatic rings. The largest absolute Gasteiger partial charge is 0.107 e. The van der Waals surface area contributed by atoms with Crippen LogP contribution in [0.3, 0.4) is 0 Å². The fourth-order valence-electron chi connectivity index (χ4n) is 0. The number of hydrogen-bond donors (Lipinski definition) is 0. The van der Waals surface area contributed by atoms with Gasteiger partial charge in [0.15, 0.2) is 0 Å². The van der Waals surface area contributed by atoms with E-state index in [1.807, 2.05) is 5.70 Å². The Morgan fingerprint density at radius 2 is 2.20 bits per heavy atom. The molecule has 0 rings (SSSR count). The molecule has 0 spiro atoms. The van der Waals surface area contributed by atoms with Crippen molar-refractivity contribution in [3.63, 3.8) is 0 Å². The summed E-state index contributed by atoms with van der Waals surface area (Å²) in [5.74, 6) is 0. The van der Waals surface area contributed by atoms with E-state index in [1.54, 1.807) is 0 Å². The first-order valence-corrected chi connectivity index (χ1v) is 5.02. The topological polar surface area (TPSA) is 0 Å². The lowest BCUT2D eigenvalue weighted by Gasteiger charge is -1.80. The molecule has 0 fully saturated rings. The minimum atomic E-state index is -0.305. The van der Waals surface area contributed by atoms with Gasteiger partial charge in [-0.3, -0.25) is 0 Å². The highest BCUT2D eigenvalue weighted by atomic mass is 29.1. The van der Waals surface area contributed by atoms with Gasteiger partial charge in [0, 0.05) is 9.76 Å². The van der Waals surface area contributed by atoms with E-state index in [9.17, 15) is 0 Å². The van der Waals surface area contributed by atoms with Crippen molar-refractivity contribution in [2.24, 2.45) is 0 Å². The molecular weight excluding hydrogens is 92.2 g/mol. The van der Waals surface area contributed by atoms with E-state index in [0.717, 1.165) is 0 Å². The molecule has 0 aromatic carbocycles. The second-order valence-corrected chi connectivity index (χ2v) is 5.03. The molecule has 0 N–H and O–H groups in total. The van der Waals surface area contributed by atoms with Crippen molar-refractivity contribution in [1.82, 2.24) is 0 Å². The quantitative estimate of drug-likeness (QED) is 0.419. The smallest absolute Gasteiger partial charge is 0.0539 e. The lowest BCUT2D eigenvalue weighted by Crippen LogP contribution is -1.98. The first-order chi connectivity index (χ1) is 2.27. The summed E-state index contributed by atoms with van der Waals surface area (Å²) in [6.45, 7) is 5.68. The Morgan fingerprint density at radius 1 is 2.00 bits per heavy atom. The van der Waals surface area contributed by atoms with Crippen molar-refractivity contribution in [2.45, 2.75) is 6.55 Å². The van der Waals surface area contributed by atoms with Gasteiger partial charge >= 0.3 is 0 Å². The van der Waals surface area contributed by atoms with Gasteiger partial charge in [0.05, 0.1) is 8.31 Å². The van der Waals surface area contributed by atoms with Gasteiger partial charge in [-0.05, 0) is 0 Å². The summed E-state index contributed by atoms with van der Waals surface area (Å²) in [5.41, 5.74) is 1.93. The molecule has 26 valence electrons. The van der Waals surface area contributed by atoms with Crippen LogP contribution in [0.1, 0.15) is 0 Å². The predicted octanol–water partition coefficient (Wildman–Crippen LogP) is 0.501. The van der Waals surface area contributed by atoms with Crippen molar-refractivity contribution in [1.29, 1.82) is 0 Å². The van der Waals surface area contributed by atoms with Crippen LogP contribution in [0.5, 0.6) is 0 Å². The average Bonchev–Trinajstić information content (AvgIpc) is 1.38. The fourth-order valence-corrected chi connectivity index (χ4v) is 0. The van der Waals surface area contributed by atoms with E-state index in [2.05, 4.69) is 22.9 Å². The molecule has 4 radical (unpaired) electrons. The molecule has 0 amide bonds. The van der Waals surface area contributed by atoms with Crippen LogP contribution in [0.25, 0.3) is 0 Å². The van der Waals surface area contributed by atoms with E-state index in [1.165, 1.54) is 0 Å². The van der Waals surface area contributed by atoms with E-state index in [4.69, 9.17) is 0 Å². The van der Waals surface area contributed by atoms with Crippen molar-refractivity contribution < 1.29 is 0 Å². The van der Waals surface area contributed by atoms with Crippen molar-refractivity contribution in [3.05, 3.63) is 12.3 Å². The van der Waals surface area contributed by atoms with Gasteiger partial charge in [0.1, 0.15) is 0 Å². The highest BCUT2D eigenvalue weighted by Gasteiger charge is 1.78. The van der Waals surface area contributed by atoms with Crippen LogP contribution in [0, 0.1) is 0 Å². The van der Waals surface area contributed by atoms with Crippen LogP contribution < -0.4 is 0 Å². The third-order valence-electron chi connectivity index (χ3n) is 0.306. The van der Waals surface area contributed by atoms with Crippen LogP contribution in [0.15, 0.2) is 12.3 Å². The van der Waals surface area contributed by atoms with Crippen molar-refractivity contribution in [3.8, 4) is 0 Å². The lowest BCUT2D eigenvalue weighted by molar-refractivity contribution is 2.23. The Labute approximate surface area is 37.7 Å². The van der Waals surface area contributed by atoms with E-state index >= 15 is 0 Å². The first-order valence-electron chi connectivity index (χ1n) is 1.45. The highest BCUT2D eigenvalue weighted by molar-refractivity contribution is 7.05. The summed E-state index contributed by atoms with van der Waals surface area (Å²) in [6.07, 6.45) is 0. The van der Waals surface area contributed by atoms with E-state index in [-0.39, 0.29) is 8.31 Å². The van der Waals surface area contributed by atoms with Gasteiger partial charge in [-0.1, -0.05) is 6.55 Å². The molecule has 0 nitrogen and oxygen atoms in total. The molecule has 0 atom stereocenters. The summed E-state index contributed by atoms with van der Waals surface area (Å²) in [7, 11) is 3.10. The van der Waals surface area contributed by atoms with Gasteiger partial charge in [-0.2, -0.15) is 0 Å². The normalized spacial score (nSPS) is 8.60. The number of hydrogen-bond acceptors (Lipinski definition) is 0. The van der Waals surface area contributed by atoms with Crippen LogP contribution in [-0.4, -0.2) is 18.1 Å². The zero-order valence-electron chi connectivity index (χ0n) is 3.28. The third-order valence-corrected chi connectivity index (χ3v) is 1.53. The zero-order chi connectivity index (χ0) is 4.28. The molecule has 0 bridgehead atoms. The van der Waals surface area contributed by atoms with Crippen molar-refractivity contribution >= 4 is 18.1 Å². The molecule has 0 saturated carbocycles. The predicted molar refractivity (Wildman–Crippen MR) is 27.6 cm³/mol. The van der Waals surface area contributed by atoms with Crippen LogP contribution in [0.2, 0.25) is 6.55 Å². The van der Waals surface area contributed by atoms with Crippen LogP contribution in [0.4, 0.5) is 0 Å². The van der Waals surface area contributed by atoms with Gasteiger partial charge in [0.25, 0.3) is 0 Å². The maximum Gasteiger partial charge on any atom is 0.0539 e. The maximum atomic E-state index is 3.56. The van der Waals surface area contributed by atoms with Crippen LogP contribution in [-0.2, 0) is 0 Å². The molecule has 0 aliphatic carbocycles. The van der Waals surface area contributed by atoms with E-state index in [0.29, 0.717) is 0 Å². The third kappa shape index (κ3) is 4.17. The molecule has 0 aromatic rings. The lowest BCUT2D eigenvalue weighted by atomic mass is 11.3. The second kappa shape index (κ2) is 2.41. The minimum Gasteiger partial charge on any atom is -0.107 e. The second-order valence-electron chi connectivity index (χ2n) is 0.887. The first kappa shape index (κ1) is 5.17. The van der Waals surface area contributed by atoms with Gasteiger partial charge in [-0.15, -0.1) is 12.3 Å². The monoisotopic (exact) mass is 98.0 g/mol. The maximum absolute atomic E-state index is 3.56. The Hall–Kier alpha value is 0.174. The molecule has 0 aromatic heterocycles. The molecule has 2 heteroatoms. The molecule has 0 saturated heterocycles. The summed E-state index contributed by atoms with van der Waals surface area (Å²) < 4.78 is 0. The van der Waals surface area contributed by atoms with Gasteiger partial charge in [0.2, 0.25) is 0 Å². The average molecular weight is 98.3 g/mol. The SMILES string of the molecule is C=C[Si](C)[Si]. The summed E-state index contributed by atoms with van der Waals surface area (Å²) >= 11 is 0. The molecule has 0 heterocycles. The van der Waals surface area contributed by atoms with Gasteiger partial charge in [-0.25, -0.2) is 0 Å². The Morgan fingerprint density at radius 3 is 2.20 bits per heavy atom. The minimum absolute atomic E-state index is 0.305. The van der Waals surface area contributed by atoms with Gasteiger partial charge < -0.3 is 0 Å². The molecule has 0 unspecified atom stereocenters. The molecule has 5 heavy (non-hydrogen) atoms. The Bertz CT molecular complexity index is 31.9. The Balaban J connectivity index is 2.83.